The minimum atomic E-state index is 0.375. The summed E-state index contributed by atoms with van der Waals surface area (Å²) < 4.78 is 11.0. The molecule has 0 aromatic carbocycles. The molecule has 22 heavy (non-hydrogen) atoms. The maximum absolute atomic E-state index is 5.69. The summed E-state index contributed by atoms with van der Waals surface area (Å²) in [5.74, 6) is 1.33. The number of pyridine rings is 2. The van der Waals surface area contributed by atoms with E-state index in [2.05, 4.69) is 27.0 Å². The Morgan fingerprint density at radius 2 is 2.00 bits per heavy atom. The molecule has 3 heterocycles. The van der Waals surface area contributed by atoms with Crippen molar-refractivity contribution in [3.8, 4) is 28.9 Å². The number of aromatic nitrogens is 4. The van der Waals surface area contributed by atoms with Crippen LogP contribution >= 0.6 is 0 Å². The Balaban J connectivity index is 1.87. The molecule has 6 nitrogen and oxygen atoms in total. The van der Waals surface area contributed by atoms with Crippen molar-refractivity contribution in [2.45, 2.75) is 19.8 Å². The Kier molecular flexibility index (Phi) is 4.38. The van der Waals surface area contributed by atoms with E-state index < -0.39 is 0 Å². The highest BCUT2D eigenvalue weighted by Crippen LogP contribution is 2.27. The number of hydrogen-bond donors (Lipinski definition) is 0. The van der Waals surface area contributed by atoms with Crippen LogP contribution in [0.3, 0.4) is 0 Å². The summed E-state index contributed by atoms with van der Waals surface area (Å²) >= 11 is 0. The molecule has 0 bridgehead atoms. The zero-order chi connectivity index (χ0) is 15.2. The first-order chi connectivity index (χ1) is 10.9. The number of unbranched alkanes of at least 4 members (excludes halogenated alkanes) is 1. The third kappa shape index (κ3) is 3.11. The van der Waals surface area contributed by atoms with Gasteiger partial charge in [-0.2, -0.15) is 4.98 Å². The molecule has 112 valence electrons. The highest BCUT2D eigenvalue weighted by atomic mass is 16.5. The lowest BCUT2D eigenvalue weighted by atomic mass is 10.2. The number of rotatable bonds is 6. The summed E-state index contributed by atoms with van der Waals surface area (Å²) in [5.41, 5.74) is 1.35. The van der Waals surface area contributed by atoms with Gasteiger partial charge in [0.1, 0.15) is 11.3 Å². The number of hydrogen-bond acceptors (Lipinski definition) is 6. The second-order valence-electron chi connectivity index (χ2n) is 4.70. The van der Waals surface area contributed by atoms with Crippen molar-refractivity contribution in [3.05, 3.63) is 42.7 Å². The summed E-state index contributed by atoms with van der Waals surface area (Å²) in [6, 6.07) is 9.21. The van der Waals surface area contributed by atoms with Crippen LogP contribution in [0.5, 0.6) is 5.88 Å². The summed E-state index contributed by atoms with van der Waals surface area (Å²) in [5, 5.41) is 3.97. The molecule has 0 radical (unpaired) electrons. The largest absolute Gasteiger partial charge is 0.477 e. The molecule has 3 aromatic rings. The van der Waals surface area contributed by atoms with Gasteiger partial charge in [0.2, 0.25) is 11.7 Å². The molecular weight excluding hydrogens is 280 g/mol. The van der Waals surface area contributed by atoms with E-state index in [-0.39, 0.29) is 0 Å². The summed E-state index contributed by atoms with van der Waals surface area (Å²) in [7, 11) is 0. The first-order valence-electron chi connectivity index (χ1n) is 7.22. The number of ether oxygens (including phenoxy) is 1. The summed E-state index contributed by atoms with van der Waals surface area (Å²) in [6.45, 7) is 2.72. The van der Waals surface area contributed by atoms with Crippen LogP contribution in [0.4, 0.5) is 0 Å². The molecule has 0 aliphatic heterocycles. The molecule has 0 spiro atoms. The van der Waals surface area contributed by atoms with Crippen LogP contribution in [0, 0.1) is 0 Å². The molecule has 0 atom stereocenters. The van der Waals surface area contributed by atoms with E-state index in [1.54, 1.807) is 12.4 Å². The highest BCUT2D eigenvalue weighted by Gasteiger charge is 2.16. The second kappa shape index (κ2) is 6.80. The van der Waals surface area contributed by atoms with E-state index in [4.69, 9.17) is 9.26 Å². The van der Waals surface area contributed by atoms with Gasteiger partial charge in [0.15, 0.2) is 0 Å². The fourth-order valence-corrected chi connectivity index (χ4v) is 1.91. The van der Waals surface area contributed by atoms with Gasteiger partial charge in [-0.1, -0.05) is 24.6 Å². The maximum Gasteiger partial charge on any atom is 0.263 e. The minimum absolute atomic E-state index is 0.375. The van der Waals surface area contributed by atoms with Gasteiger partial charge >= 0.3 is 0 Å². The van der Waals surface area contributed by atoms with Crippen molar-refractivity contribution >= 4 is 0 Å². The first kappa shape index (κ1) is 14.2. The predicted molar refractivity (Wildman–Crippen MR) is 81.2 cm³/mol. The fraction of sp³-hybridized carbons (Fsp3) is 0.250. The molecule has 0 unspecified atom stereocenters. The SMILES string of the molecule is CCCCOc1ncccc1-c1nc(-c2ccccn2)no1. The molecule has 6 heteroatoms. The van der Waals surface area contributed by atoms with Crippen molar-refractivity contribution < 1.29 is 9.26 Å². The zero-order valence-corrected chi connectivity index (χ0v) is 12.3. The Morgan fingerprint density at radius 1 is 1.09 bits per heavy atom. The minimum Gasteiger partial charge on any atom is -0.477 e. The van der Waals surface area contributed by atoms with Gasteiger partial charge in [-0.3, -0.25) is 4.98 Å². The third-order valence-electron chi connectivity index (χ3n) is 3.06. The molecule has 0 saturated heterocycles. The van der Waals surface area contributed by atoms with Crippen LogP contribution in [0.15, 0.2) is 47.2 Å². The van der Waals surface area contributed by atoms with Crippen LogP contribution in [0.25, 0.3) is 23.0 Å². The lowest BCUT2D eigenvalue weighted by molar-refractivity contribution is 0.297. The molecule has 0 amide bonds. The van der Waals surface area contributed by atoms with E-state index in [0.717, 1.165) is 12.8 Å². The van der Waals surface area contributed by atoms with Crippen molar-refractivity contribution in [2.75, 3.05) is 6.61 Å². The van der Waals surface area contributed by atoms with Crippen LogP contribution in [-0.4, -0.2) is 26.7 Å². The third-order valence-corrected chi connectivity index (χ3v) is 3.06. The Bertz CT molecular complexity index is 728. The number of nitrogens with zero attached hydrogens (tertiary/aromatic N) is 4. The molecule has 0 saturated carbocycles. The van der Waals surface area contributed by atoms with Crippen molar-refractivity contribution in [1.29, 1.82) is 0 Å². The lowest BCUT2D eigenvalue weighted by Gasteiger charge is -2.06. The van der Waals surface area contributed by atoms with Crippen molar-refractivity contribution in [3.63, 3.8) is 0 Å². The van der Waals surface area contributed by atoms with Crippen molar-refractivity contribution in [1.82, 2.24) is 20.1 Å². The predicted octanol–water partition coefficient (Wildman–Crippen LogP) is 3.37. The smallest absolute Gasteiger partial charge is 0.263 e. The van der Waals surface area contributed by atoms with Gasteiger partial charge < -0.3 is 9.26 Å². The summed E-state index contributed by atoms with van der Waals surface area (Å²) in [6.07, 6.45) is 5.40. The second-order valence-corrected chi connectivity index (χ2v) is 4.70. The molecule has 0 aliphatic rings. The molecular formula is C16H16N4O2. The van der Waals surface area contributed by atoms with Crippen LogP contribution in [0.2, 0.25) is 0 Å². The van der Waals surface area contributed by atoms with Gasteiger partial charge in [0.25, 0.3) is 5.89 Å². The van der Waals surface area contributed by atoms with Gasteiger partial charge in [-0.25, -0.2) is 4.98 Å². The highest BCUT2D eigenvalue weighted by molar-refractivity contribution is 5.61. The Labute approximate surface area is 128 Å². The molecule has 0 N–H and O–H groups in total. The first-order valence-corrected chi connectivity index (χ1v) is 7.22. The molecule has 0 aliphatic carbocycles. The zero-order valence-electron chi connectivity index (χ0n) is 12.3. The fourth-order valence-electron chi connectivity index (χ4n) is 1.91. The molecule has 3 rings (SSSR count). The van der Waals surface area contributed by atoms with E-state index >= 15 is 0 Å². The normalized spacial score (nSPS) is 10.6. The quantitative estimate of drug-likeness (QED) is 0.649. The average molecular weight is 296 g/mol. The van der Waals surface area contributed by atoms with Gasteiger partial charge in [0.05, 0.1) is 6.61 Å². The van der Waals surface area contributed by atoms with Crippen molar-refractivity contribution in [2.24, 2.45) is 0 Å². The molecule has 0 fully saturated rings. The monoisotopic (exact) mass is 296 g/mol. The van der Waals surface area contributed by atoms with E-state index in [1.807, 2.05) is 30.3 Å². The summed E-state index contributed by atoms with van der Waals surface area (Å²) in [4.78, 5) is 12.8. The molecule has 3 aromatic heterocycles. The average Bonchev–Trinajstić information content (AvgIpc) is 3.06. The van der Waals surface area contributed by atoms with Crippen LogP contribution < -0.4 is 4.74 Å². The van der Waals surface area contributed by atoms with Gasteiger partial charge in [0, 0.05) is 12.4 Å². The topological polar surface area (TPSA) is 73.9 Å². The standard InChI is InChI=1S/C16H16N4O2/c1-2-3-11-21-15-12(7-6-10-18-15)16-19-14(20-22-16)13-8-4-5-9-17-13/h4-10H,2-3,11H2,1H3. The lowest BCUT2D eigenvalue weighted by Crippen LogP contribution is -2.00. The Hall–Kier alpha value is -2.76. The Morgan fingerprint density at radius 3 is 2.82 bits per heavy atom. The van der Waals surface area contributed by atoms with Gasteiger partial charge in [-0.15, -0.1) is 0 Å². The van der Waals surface area contributed by atoms with E-state index in [9.17, 15) is 0 Å². The van der Waals surface area contributed by atoms with Crippen LogP contribution in [-0.2, 0) is 0 Å². The van der Waals surface area contributed by atoms with E-state index in [1.165, 1.54) is 0 Å². The van der Waals surface area contributed by atoms with Gasteiger partial charge in [-0.05, 0) is 30.7 Å². The van der Waals surface area contributed by atoms with E-state index in [0.29, 0.717) is 35.5 Å². The van der Waals surface area contributed by atoms with Crippen LogP contribution in [0.1, 0.15) is 19.8 Å². The maximum atomic E-state index is 5.69.